The highest BCUT2D eigenvalue weighted by atomic mass is 16.5. The van der Waals surface area contributed by atoms with Crippen LogP contribution in [0.25, 0.3) is 5.57 Å². The van der Waals surface area contributed by atoms with E-state index in [0.29, 0.717) is 17.6 Å². The topological polar surface area (TPSA) is 90.6 Å². The third kappa shape index (κ3) is 2.61. The second kappa shape index (κ2) is 5.73. The number of ether oxygens (including phenoxy) is 1. The first kappa shape index (κ1) is 13.6. The summed E-state index contributed by atoms with van der Waals surface area (Å²) in [6.45, 7) is 1.76. The van der Waals surface area contributed by atoms with Crippen molar-refractivity contribution in [3.63, 3.8) is 0 Å². The highest BCUT2D eigenvalue weighted by Gasteiger charge is 2.15. The molecule has 1 aromatic carbocycles. The predicted octanol–water partition coefficient (Wildman–Crippen LogP) is 2.17. The summed E-state index contributed by atoms with van der Waals surface area (Å²) in [7, 11) is 1.40. The second-order valence-electron chi connectivity index (χ2n) is 3.51. The van der Waals surface area contributed by atoms with Crippen molar-refractivity contribution in [1.29, 1.82) is 5.26 Å². The largest absolute Gasteiger partial charge is 0.504 e. The van der Waals surface area contributed by atoms with Gasteiger partial charge in [0.25, 0.3) is 0 Å². The third-order valence-corrected chi connectivity index (χ3v) is 2.51. The number of aromatic hydroxyl groups is 1. The number of hydrogen-bond acceptors (Lipinski definition) is 4. The van der Waals surface area contributed by atoms with Gasteiger partial charge in [0, 0.05) is 0 Å². The SMILES string of the molecule is CCC(=C(C#N)C(=O)O)c1ccc(O)c(OC)c1. The number of nitrogens with zero attached hydrogens (tertiary/aromatic N) is 1. The van der Waals surface area contributed by atoms with E-state index in [0.717, 1.165) is 0 Å². The number of carbonyl (C=O) groups is 1. The van der Waals surface area contributed by atoms with Crippen molar-refractivity contribution in [2.45, 2.75) is 13.3 Å². The standard InChI is InChI=1S/C13H13NO4/c1-3-9(10(7-14)13(16)17)8-4-5-11(15)12(6-8)18-2/h4-6,15H,3H2,1-2H3,(H,16,17). The first-order valence-electron chi connectivity index (χ1n) is 5.29. The Morgan fingerprint density at radius 1 is 1.50 bits per heavy atom. The average Bonchev–Trinajstić information content (AvgIpc) is 2.36. The molecule has 5 heteroatoms. The Morgan fingerprint density at radius 2 is 2.17 bits per heavy atom. The molecule has 5 nitrogen and oxygen atoms in total. The number of rotatable bonds is 4. The van der Waals surface area contributed by atoms with Crippen LogP contribution in [0.2, 0.25) is 0 Å². The lowest BCUT2D eigenvalue weighted by atomic mass is 9.98. The second-order valence-corrected chi connectivity index (χ2v) is 3.51. The Balaban J connectivity index is 3.43. The van der Waals surface area contributed by atoms with Crippen LogP contribution in [0.1, 0.15) is 18.9 Å². The van der Waals surface area contributed by atoms with Crippen LogP contribution >= 0.6 is 0 Å². The van der Waals surface area contributed by atoms with Gasteiger partial charge in [-0.2, -0.15) is 5.26 Å². The van der Waals surface area contributed by atoms with E-state index in [-0.39, 0.29) is 17.1 Å². The molecule has 0 unspecified atom stereocenters. The van der Waals surface area contributed by atoms with Gasteiger partial charge < -0.3 is 14.9 Å². The summed E-state index contributed by atoms with van der Waals surface area (Å²) in [6, 6.07) is 6.14. The van der Waals surface area contributed by atoms with Gasteiger partial charge in [0.15, 0.2) is 11.5 Å². The van der Waals surface area contributed by atoms with E-state index in [2.05, 4.69) is 0 Å². The van der Waals surface area contributed by atoms with Crippen LogP contribution in [0.5, 0.6) is 11.5 Å². The Hall–Kier alpha value is -2.48. The van der Waals surface area contributed by atoms with Crippen LogP contribution in [0.15, 0.2) is 23.8 Å². The minimum absolute atomic E-state index is 0.0365. The van der Waals surface area contributed by atoms with Crippen molar-refractivity contribution in [2.75, 3.05) is 7.11 Å². The Bertz CT molecular complexity index is 540. The molecular weight excluding hydrogens is 234 g/mol. The van der Waals surface area contributed by atoms with E-state index in [1.807, 2.05) is 0 Å². The van der Waals surface area contributed by atoms with E-state index >= 15 is 0 Å². The summed E-state index contributed by atoms with van der Waals surface area (Å²) in [5, 5.41) is 27.3. The smallest absolute Gasteiger partial charge is 0.346 e. The molecule has 0 saturated heterocycles. The highest BCUT2D eigenvalue weighted by Crippen LogP contribution is 2.31. The normalized spacial score (nSPS) is 11.4. The minimum atomic E-state index is -1.26. The van der Waals surface area contributed by atoms with Gasteiger partial charge in [-0.3, -0.25) is 0 Å². The summed E-state index contributed by atoms with van der Waals surface area (Å²) in [5.41, 5.74) is 0.652. The van der Waals surface area contributed by atoms with Crippen molar-refractivity contribution in [2.24, 2.45) is 0 Å². The number of carboxylic acids is 1. The van der Waals surface area contributed by atoms with Crippen LogP contribution in [0.4, 0.5) is 0 Å². The number of carboxylic acid groups (broad SMARTS) is 1. The van der Waals surface area contributed by atoms with Gasteiger partial charge in [-0.15, -0.1) is 0 Å². The molecule has 0 aliphatic carbocycles. The first-order chi connectivity index (χ1) is 8.54. The zero-order chi connectivity index (χ0) is 13.7. The molecule has 0 bridgehead atoms. The van der Waals surface area contributed by atoms with Crippen LogP contribution in [0, 0.1) is 11.3 Å². The molecule has 0 aliphatic rings. The molecular formula is C13H13NO4. The van der Waals surface area contributed by atoms with Crippen molar-refractivity contribution >= 4 is 11.5 Å². The maximum absolute atomic E-state index is 11.0. The molecule has 0 atom stereocenters. The number of nitriles is 1. The molecule has 0 aliphatic heterocycles. The third-order valence-electron chi connectivity index (χ3n) is 2.51. The van der Waals surface area contributed by atoms with Gasteiger partial charge in [-0.05, 0) is 29.7 Å². The predicted molar refractivity (Wildman–Crippen MR) is 65.1 cm³/mol. The molecule has 0 radical (unpaired) electrons. The molecule has 0 amide bonds. The summed E-state index contributed by atoms with van der Waals surface area (Å²) in [6.07, 6.45) is 0.392. The maximum atomic E-state index is 11.0. The average molecular weight is 247 g/mol. The van der Waals surface area contributed by atoms with E-state index in [4.69, 9.17) is 15.1 Å². The summed E-state index contributed by atoms with van der Waals surface area (Å²) in [4.78, 5) is 11.0. The van der Waals surface area contributed by atoms with Crippen LogP contribution in [-0.2, 0) is 4.79 Å². The van der Waals surface area contributed by atoms with Crippen molar-refractivity contribution in [3.05, 3.63) is 29.3 Å². The summed E-state index contributed by atoms with van der Waals surface area (Å²) < 4.78 is 4.95. The van der Waals surface area contributed by atoms with Gasteiger partial charge in [-0.1, -0.05) is 13.0 Å². The molecule has 0 heterocycles. The molecule has 1 aromatic rings. The lowest BCUT2D eigenvalue weighted by molar-refractivity contribution is -0.132. The molecule has 94 valence electrons. The number of benzene rings is 1. The van der Waals surface area contributed by atoms with Gasteiger partial charge in [-0.25, -0.2) is 4.79 Å². The van der Waals surface area contributed by atoms with Crippen LogP contribution in [-0.4, -0.2) is 23.3 Å². The summed E-state index contributed by atoms with van der Waals surface area (Å²) in [5.74, 6) is -1.06. The molecule has 18 heavy (non-hydrogen) atoms. The van der Waals surface area contributed by atoms with Crippen molar-refractivity contribution < 1.29 is 19.7 Å². The van der Waals surface area contributed by atoms with Crippen LogP contribution in [0.3, 0.4) is 0 Å². The van der Waals surface area contributed by atoms with Gasteiger partial charge >= 0.3 is 5.97 Å². The first-order valence-corrected chi connectivity index (χ1v) is 5.29. The molecule has 1 rings (SSSR count). The molecule has 2 N–H and O–H groups in total. The quantitative estimate of drug-likeness (QED) is 0.628. The maximum Gasteiger partial charge on any atom is 0.346 e. The fraction of sp³-hybridized carbons (Fsp3) is 0.231. The highest BCUT2D eigenvalue weighted by molar-refractivity contribution is 6.00. The minimum Gasteiger partial charge on any atom is -0.504 e. The van der Waals surface area contributed by atoms with E-state index < -0.39 is 5.97 Å². The zero-order valence-corrected chi connectivity index (χ0v) is 10.1. The molecule has 0 fully saturated rings. The number of phenolic OH excluding ortho intramolecular Hbond substituents is 1. The number of phenols is 1. The van der Waals surface area contributed by atoms with E-state index in [1.54, 1.807) is 19.1 Å². The van der Waals surface area contributed by atoms with Crippen molar-refractivity contribution in [1.82, 2.24) is 0 Å². The monoisotopic (exact) mass is 247 g/mol. The number of methoxy groups -OCH3 is 1. The molecule has 0 spiro atoms. The number of aliphatic carboxylic acids is 1. The van der Waals surface area contributed by atoms with Gasteiger partial charge in [0.1, 0.15) is 11.6 Å². The lowest BCUT2D eigenvalue weighted by Gasteiger charge is -2.09. The number of allylic oxidation sites excluding steroid dienone is 1. The van der Waals surface area contributed by atoms with Crippen molar-refractivity contribution in [3.8, 4) is 17.6 Å². The lowest BCUT2D eigenvalue weighted by Crippen LogP contribution is -2.02. The Morgan fingerprint density at radius 3 is 2.61 bits per heavy atom. The van der Waals surface area contributed by atoms with E-state index in [1.165, 1.54) is 19.2 Å². The fourth-order valence-corrected chi connectivity index (χ4v) is 1.63. The Labute approximate surface area is 105 Å². The summed E-state index contributed by atoms with van der Waals surface area (Å²) >= 11 is 0. The van der Waals surface area contributed by atoms with Gasteiger partial charge in [0.05, 0.1) is 7.11 Å². The number of hydrogen-bond donors (Lipinski definition) is 2. The van der Waals surface area contributed by atoms with E-state index in [9.17, 15) is 9.90 Å². The Kier molecular flexibility index (Phi) is 4.33. The van der Waals surface area contributed by atoms with Gasteiger partial charge in [0.2, 0.25) is 0 Å². The molecule has 0 aromatic heterocycles. The fourth-order valence-electron chi connectivity index (χ4n) is 1.63. The zero-order valence-electron chi connectivity index (χ0n) is 10.1. The van der Waals surface area contributed by atoms with Crippen LogP contribution < -0.4 is 4.74 Å². The molecule has 0 saturated carbocycles.